The van der Waals surface area contributed by atoms with E-state index in [4.69, 9.17) is 4.74 Å². The van der Waals surface area contributed by atoms with Gasteiger partial charge in [0.15, 0.2) is 0 Å². The van der Waals surface area contributed by atoms with E-state index >= 15 is 0 Å². The number of carbonyl (C=O) groups excluding carboxylic acids is 2. The van der Waals surface area contributed by atoms with E-state index in [9.17, 15) is 9.59 Å². The van der Waals surface area contributed by atoms with Crippen molar-refractivity contribution in [3.63, 3.8) is 0 Å². The number of rotatable bonds is 4. The third kappa shape index (κ3) is 3.71. The second kappa shape index (κ2) is 7.10. The molecule has 1 N–H and O–H groups in total. The molecule has 2 fully saturated rings. The summed E-state index contributed by atoms with van der Waals surface area (Å²) in [6.07, 6.45) is 1.49. The molecular weight excluding hydrogens is 294 g/mol. The minimum Gasteiger partial charge on any atom is -0.379 e. The molecule has 124 valence electrons. The number of hydrogen-bond donors (Lipinski definition) is 1. The molecule has 1 atom stereocenters. The molecule has 0 unspecified atom stereocenters. The zero-order valence-corrected chi connectivity index (χ0v) is 13.5. The Bertz CT molecular complexity index is 584. The highest BCUT2D eigenvalue weighted by Gasteiger charge is 2.24. The molecule has 0 aliphatic carbocycles. The van der Waals surface area contributed by atoms with Gasteiger partial charge in [0.05, 0.1) is 19.3 Å². The molecule has 0 spiro atoms. The van der Waals surface area contributed by atoms with Crippen LogP contribution < -0.4 is 10.2 Å². The molecule has 0 radical (unpaired) electrons. The number of nitrogens with zero attached hydrogens (tertiary/aromatic N) is 2. The minimum absolute atomic E-state index is 0.0307. The molecule has 0 aromatic heterocycles. The number of benzene rings is 1. The molecule has 23 heavy (non-hydrogen) atoms. The van der Waals surface area contributed by atoms with Crippen LogP contribution >= 0.6 is 0 Å². The molecule has 2 heterocycles. The standard InChI is InChI=1S/C17H23N3O3/c1-13(19-8-10-23-11-9-19)17(22)18-14-4-2-5-15(12-14)20-7-3-6-16(20)21/h2,4-5,12-13H,3,6-11H2,1H3,(H,18,22)/t13-/m0/s1. The molecule has 1 aromatic carbocycles. The minimum atomic E-state index is -0.198. The van der Waals surface area contributed by atoms with Crippen LogP contribution in [0.5, 0.6) is 0 Å². The number of nitrogens with one attached hydrogen (secondary N) is 1. The Kier molecular flexibility index (Phi) is 4.93. The molecule has 2 aliphatic heterocycles. The lowest BCUT2D eigenvalue weighted by molar-refractivity contribution is -0.122. The highest BCUT2D eigenvalue weighted by atomic mass is 16.5. The van der Waals surface area contributed by atoms with Crippen molar-refractivity contribution < 1.29 is 14.3 Å². The van der Waals surface area contributed by atoms with Crippen LogP contribution in [-0.4, -0.2) is 55.6 Å². The summed E-state index contributed by atoms with van der Waals surface area (Å²) < 4.78 is 5.32. The highest BCUT2D eigenvalue weighted by Crippen LogP contribution is 2.24. The third-order valence-corrected chi connectivity index (χ3v) is 4.47. The van der Waals surface area contributed by atoms with E-state index < -0.39 is 0 Å². The summed E-state index contributed by atoms with van der Waals surface area (Å²) in [6.45, 7) is 5.55. The first-order valence-electron chi connectivity index (χ1n) is 8.18. The zero-order chi connectivity index (χ0) is 16.2. The van der Waals surface area contributed by atoms with Crippen LogP contribution in [0.1, 0.15) is 19.8 Å². The zero-order valence-electron chi connectivity index (χ0n) is 13.5. The van der Waals surface area contributed by atoms with E-state index in [-0.39, 0.29) is 17.9 Å². The molecule has 3 rings (SSSR count). The number of amides is 2. The van der Waals surface area contributed by atoms with E-state index in [1.807, 2.05) is 31.2 Å². The van der Waals surface area contributed by atoms with Crippen LogP contribution in [0.4, 0.5) is 11.4 Å². The first kappa shape index (κ1) is 16.0. The summed E-state index contributed by atoms with van der Waals surface area (Å²) in [5.41, 5.74) is 1.58. The maximum Gasteiger partial charge on any atom is 0.241 e. The van der Waals surface area contributed by atoms with E-state index in [1.165, 1.54) is 0 Å². The molecule has 6 heteroatoms. The van der Waals surface area contributed by atoms with Crippen molar-refractivity contribution in [1.82, 2.24) is 4.90 Å². The normalized spacial score (nSPS) is 20.6. The number of morpholine rings is 1. The summed E-state index contributed by atoms with van der Waals surface area (Å²) in [4.78, 5) is 28.2. The van der Waals surface area contributed by atoms with Crippen LogP contribution in [0.3, 0.4) is 0 Å². The molecule has 6 nitrogen and oxygen atoms in total. The van der Waals surface area contributed by atoms with Gasteiger partial charge in [-0.25, -0.2) is 0 Å². The van der Waals surface area contributed by atoms with Gasteiger partial charge in [-0.1, -0.05) is 6.07 Å². The van der Waals surface area contributed by atoms with Gasteiger partial charge < -0.3 is 15.0 Å². The third-order valence-electron chi connectivity index (χ3n) is 4.47. The van der Waals surface area contributed by atoms with E-state index in [0.717, 1.165) is 37.4 Å². The Morgan fingerprint density at radius 3 is 2.74 bits per heavy atom. The predicted molar refractivity (Wildman–Crippen MR) is 88.5 cm³/mol. The monoisotopic (exact) mass is 317 g/mol. The van der Waals surface area contributed by atoms with Crippen LogP contribution in [0, 0.1) is 0 Å². The second-order valence-corrected chi connectivity index (χ2v) is 6.01. The lowest BCUT2D eigenvalue weighted by Gasteiger charge is -2.31. The summed E-state index contributed by atoms with van der Waals surface area (Å²) in [5.74, 6) is 0.118. The second-order valence-electron chi connectivity index (χ2n) is 6.01. The molecule has 2 amide bonds. The van der Waals surface area contributed by atoms with E-state index in [0.29, 0.717) is 19.6 Å². The summed E-state index contributed by atoms with van der Waals surface area (Å²) >= 11 is 0. The summed E-state index contributed by atoms with van der Waals surface area (Å²) in [7, 11) is 0. The molecule has 2 aliphatic rings. The molecular formula is C17H23N3O3. The average molecular weight is 317 g/mol. The SMILES string of the molecule is C[C@@H](C(=O)Nc1cccc(N2CCCC2=O)c1)N1CCOCC1. The number of hydrogen-bond acceptors (Lipinski definition) is 4. The van der Waals surface area contributed by atoms with Gasteiger partial charge in [-0.05, 0) is 31.5 Å². The first-order valence-corrected chi connectivity index (χ1v) is 8.18. The van der Waals surface area contributed by atoms with Crippen LogP contribution in [-0.2, 0) is 14.3 Å². The smallest absolute Gasteiger partial charge is 0.241 e. The molecule has 0 saturated carbocycles. The quantitative estimate of drug-likeness (QED) is 0.913. The maximum atomic E-state index is 12.4. The van der Waals surface area contributed by atoms with Crippen LogP contribution in [0.25, 0.3) is 0 Å². The van der Waals surface area contributed by atoms with Gasteiger partial charge in [0.1, 0.15) is 0 Å². The summed E-state index contributed by atoms with van der Waals surface area (Å²) in [5, 5.41) is 2.96. The number of ether oxygens (including phenoxy) is 1. The topological polar surface area (TPSA) is 61.9 Å². The van der Waals surface area contributed by atoms with Crippen molar-refractivity contribution in [1.29, 1.82) is 0 Å². The van der Waals surface area contributed by atoms with Crippen LogP contribution in [0.2, 0.25) is 0 Å². The number of anilines is 2. The maximum absolute atomic E-state index is 12.4. The first-order chi connectivity index (χ1) is 11.1. The highest BCUT2D eigenvalue weighted by molar-refractivity contribution is 5.98. The summed E-state index contributed by atoms with van der Waals surface area (Å²) in [6, 6.07) is 7.30. The Morgan fingerprint density at radius 2 is 2.04 bits per heavy atom. The Hall–Kier alpha value is -1.92. The van der Waals surface area contributed by atoms with Gasteiger partial charge in [0.2, 0.25) is 11.8 Å². The van der Waals surface area contributed by atoms with Crippen molar-refractivity contribution in [2.75, 3.05) is 43.1 Å². The Labute approximate surface area is 136 Å². The van der Waals surface area contributed by atoms with E-state index in [1.54, 1.807) is 4.90 Å². The van der Waals surface area contributed by atoms with Gasteiger partial charge in [-0.15, -0.1) is 0 Å². The van der Waals surface area contributed by atoms with Gasteiger partial charge in [0.25, 0.3) is 0 Å². The lowest BCUT2D eigenvalue weighted by atomic mass is 10.2. The fraction of sp³-hybridized carbons (Fsp3) is 0.529. The van der Waals surface area contributed by atoms with Gasteiger partial charge in [-0.2, -0.15) is 0 Å². The average Bonchev–Trinajstić information content (AvgIpc) is 3.01. The predicted octanol–water partition coefficient (Wildman–Crippen LogP) is 1.47. The fourth-order valence-electron chi connectivity index (χ4n) is 3.05. The van der Waals surface area contributed by atoms with Crippen LogP contribution in [0.15, 0.2) is 24.3 Å². The molecule has 0 bridgehead atoms. The Morgan fingerprint density at radius 1 is 1.26 bits per heavy atom. The van der Waals surface area contributed by atoms with Crippen molar-refractivity contribution in [3.8, 4) is 0 Å². The Balaban J connectivity index is 1.65. The molecule has 1 aromatic rings. The lowest BCUT2D eigenvalue weighted by Crippen LogP contribution is -2.47. The van der Waals surface area contributed by atoms with Gasteiger partial charge in [-0.3, -0.25) is 14.5 Å². The molecule has 2 saturated heterocycles. The van der Waals surface area contributed by atoms with Gasteiger partial charge >= 0.3 is 0 Å². The largest absolute Gasteiger partial charge is 0.379 e. The van der Waals surface area contributed by atoms with E-state index in [2.05, 4.69) is 10.2 Å². The van der Waals surface area contributed by atoms with Crippen molar-refractivity contribution in [2.24, 2.45) is 0 Å². The van der Waals surface area contributed by atoms with Gasteiger partial charge in [0, 0.05) is 37.4 Å². The fourth-order valence-corrected chi connectivity index (χ4v) is 3.05. The van der Waals surface area contributed by atoms with Crippen molar-refractivity contribution in [2.45, 2.75) is 25.8 Å². The number of carbonyl (C=O) groups is 2. The van der Waals surface area contributed by atoms with Crippen molar-refractivity contribution in [3.05, 3.63) is 24.3 Å². The van der Waals surface area contributed by atoms with Crippen molar-refractivity contribution >= 4 is 23.2 Å².